The number of thioether (sulfide) groups is 1. The lowest BCUT2D eigenvalue weighted by Gasteiger charge is -2.00. The quantitative estimate of drug-likeness (QED) is 0.301. The average Bonchev–Trinajstić information content (AvgIpc) is 3.42. The maximum absolute atomic E-state index is 5.71. The molecule has 148 valence electrons. The number of pyridine rings is 1. The van der Waals surface area contributed by atoms with E-state index in [4.69, 9.17) is 13.7 Å². The highest BCUT2D eigenvalue weighted by molar-refractivity contribution is 7.99. The molecule has 0 aliphatic carbocycles. The Morgan fingerprint density at radius 2 is 1.83 bits per heavy atom. The molecule has 4 rings (SSSR count). The van der Waals surface area contributed by atoms with Gasteiger partial charge in [-0.25, -0.2) is 0 Å². The Morgan fingerprint density at radius 3 is 2.62 bits per heavy atom. The molecule has 4 aromatic rings. The molecule has 3 heterocycles. The zero-order valence-electron chi connectivity index (χ0n) is 15.8. The van der Waals surface area contributed by atoms with E-state index >= 15 is 0 Å². The van der Waals surface area contributed by atoms with E-state index in [1.54, 1.807) is 19.5 Å². The van der Waals surface area contributed by atoms with Crippen LogP contribution in [0.5, 0.6) is 5.75 Å². The summed E-state index contributed by atoms with van der Waals surface area (Å²) in [4.78, 5) is 8.40. The molecule has 8 nitrogen and oxygen atoms in total. The molecule has 9 heteroatoms. The molecule has 29 heavy (non-hydrogen) atoms. The molecule has 0 saturated carbocycles. The molecule has 0 aliphatic rings. The van der Waals surface area contributed by atoms with Crippen molar-refractivity contribution < 1.29 is 13.7 Å². The van der Waals surface area contributed by atoms with Crippen LogP contribution < -0.4 is 4.74 Å². The Bertz CT molecular complexity index is 1030. The number of nitrogens with zero attached hydrogens (tertiary/aromatic N) is 5. The van der Waals surface area contributed by atoms with E-state index in [0.717, 1.165) is 29.1 Å². The molecule has 0 saturated heterocycles. The predicted molar refractivity (Wildman–Crippen MR) is 107 cm³/mol. The van der Waals surface area contributed by atoms with E-state index in [1.807, 2.05) is 36.4 Å². The summed E-state index contributed by atoms with van der Waals surface area (Å²) in [6, 6.07) is 11.5. The summed E-state index contributed by atoms with van der Waals surface area (Å²) in [7, 11) is 1.65. The van der Waals surface area contributed by atoms with Gasteiger partial charge in [0.05, 0.1) is 13.5 Å². The van der Waals surface area contributed by atoms with Gasteiger partial charge in [-0.3, -0.25) is 4.98 Å². The Morgan fingerprint density at radius 1 is 1.00 bits per heavy atom. The second-order valence-electron chi connectivity index (χ2n) is 6.19. The molecular formula is C20H19N5O3S. The van der Waals surface area contributed by atoms with E-state index in [2.05, 4.69) is 25.3 Å². The molecule has 0 unspecified atom stereocenters. The Labute approximate surface area is 171 Å². The van der Waals surface area contributed by atoms with Crippen molar-refractivity contribution in [2.24, 2.45) is 0 Å². The number of ether oxygens (including phenoxy) is 1. The fourth-order valence-electron chi connectivity index (χ4n) is 2.64. The highest BCUT2D eigenvalue weighted by atomic mass is 32.2. The van der Waals surface area contributed by atoms with Crippen molar-refractivity contribution >= 4 is 11.8 Å². The van der Waals surface area contributed by atoms with Crippen LogP contribution in [0.4, 0.5) is 0 Å². The van der Waals surface area contributed by atoms with Crippen LogP contribution in [-0.2, 0) is 12.8 Å². The molecular weight excluding hydrogens is 390 g/mol. The monoisotopic (exact) mass is 409 g/mol. The van der Waals surface area contributed by atoms with Crippen molar-refractivity contribution in [2.75, 3.05) is 12.9 Å². The van der Waals surface area contributed by atoms with Crippen LogP contribution in [0.25, 0.3) is 11.4 Å². The molecule has 0 aliphatic heterocycles. The van der Waals surface area contributed by atoms with Crippen molar-refractivity contribution in [3.63, 3.8) is 0 Å². The summed E-state index contributed by atoms with van der Waals surface area (Å²) in [6.07, 6.45) is 5.55. The summed E-state index contributed by atoms with van der Waals surface area (Å²) in [6.45, 7) is 0. The van der Waals surface area contributed by atoms with Crippen LogP contribution in [0, 0.1) is 0 Å². The summed E-state index contributed by atoms with van der Waals surface area (Å²) >= 11 is 1.52. The summed E-state index contributed by atoms with van der Waals surface area (Å²) in [5, 5.41) is 12.8. The van der Waals surface area contributed by atoms with Crippen LogP contribution in [-0.4, -0.2) is 38.2 Å². The lowest BCUT2D eigenvalue weighted by Crippen LogP contribution is -1.89. The smallest absolute Gasteiger partial charge is 0.276 e. The highest BCUT2D eigenvalue weighted by Gasteiger charge is 2.10. The van der Waals surface area contributed by atoms with Gasteiger partial charge >= 0.3 is 0 Å². The SMILES string of the molecule is COc1ccc(Cc2nnc(SCCCc3nc(-c4ccncc4)no3)o2)cc1. The van der Waals surface area contributed by atoms with E-state index in [0.29, 0.717) is 35.7 Å². The van der Waals surface area contributed by atoms with Crippen molar-refractivity contribution in [3.8, 4) is 17.1 Å². The molecule has 1 aromatic carbocycles. The molecule has 0 fully saturated rings. The normalized spacial score (nSPS) is 10.9. The molecule has 0 amide bonds. The van der Waals surface area contributed by atoms with Crippen LogP contribution in [0.2, 0.25) is 0 Å². The van der Waals surface area contributed by atoms with Gasteiger partial charge in [-0.1, -0.05) is 29.1 Å². The lowest BCUT2D eigenvalue weighted by molar-refractivity contribution is 0.378. The number of hydrogen-bond donors (Lipinski definition) is 0. The number of hydrogen-bond acceptors (Lipinski definition) is 9. The standard InChI is InChI=1S/C20H19N5O3S/c1-26-16-6-4-14(5-7-16)13-18-23-24-20(27-18)29-12-2-3-17-22-19(25-28-17)15-8-10-21-11-9-15/h4-11H,2-3,12-13H2,1H3. The third-order valence-corrected chi connectivity index (χ3v) is 5.03. The number of aromatic nitrogens is 5. The van der Waals surface area contributed by atoms with Gasteiger partial charge in [0, 0.05) is 30.1 Å². The fraction of sp³-hybridized carbons (Fsp3) is 0.250. The first-order chi connectivity index (χ1) is 14.3. The molecule has 3 aromatic heterocycles. The van der Waals surface area contributed by atoms with E-state index in [9.17, 15) is 0 Å². The first-order valence-corrected chi connectivity index (χ1v) is 10.1. The third kappa shape index (κ3) is 5.20. The number of benzene rings is 1. The van der Waals surface area contributed by atoms with Gasteiger partial charge in [0.1, 0.15) is 5.75 Å². The van der Waals surface area contributed by atoms with Gasteiger partial charge in [-0.05, 0) is 36.2 Å². The number of aryl methyl sites for hydroxylation is 1. The summed E-state index contributed by atoms with van der Waals surface area (Å²) in [5.74, 6) is 3.43. The first kappa shape index (κ1) is 19.1. The lowest BCUT2D eigenvalue weighted by atomic mass is 10.1. The topological polar surface area (TPSA) is 100.0 Å². The molecule has 0 bridgehead atoms. The minimum absolute atomic E-state index is 0.566. The Balaban J connectivity index is 1.23. The molecule has 0 radical (unpaired) electrons. The highest BCUT2D eigenvalue weighted by Crippen LogP contribution is 2.21. The minimum atomic E-state index is 0.566. The molecule has 0 atom stereocenters. The van der Waals surface area contributed by atoms with Gasteiger partial charge in [0.15, 0.2) is 0 Å². The molecule has 0 N–H and O–H groups in total. The fourth-order valence-corrected chi connectivity index (χ4v) is 3.36. The second-order valence-corrected chi connectivity index (χ2v) is 7.23. The predicted octanol–water partition coefficient (Wildman–Crippen LogP) is 3.84. The van der Waals surface area contributed by atoms with Crippen molar-refractivity contribution in [1.29, 1.82) is 0 Å². The Hall–Kier alpha value is -3.20. The van der Waals surface area contributed by atoms with Crippen LogP contribution in [0.1, 0.15) is 23.8 Å². The Kier molecular flexibility index (Phi) is 6.16. The van der Waals surface area contributed by atoms with E-state index in [1.165, 1.54) is 11.8 Å². The number of methoxy groups -OCH3 is 1. The maximum Gasteiger partial charge on any atom is 0.276 e. The van der Waals surface area contributed by atoms with Crippen molar-refractivity contribution in [3.05, 3.63) is 66.1 Å². The van der Waals surface area contributed by atoms with Gasteiger partial charge in [-0.2, -0.15) is 4.98 Å². The third-order valence-electron chi connectivity index (χ3n) is 4.13. The summed E-state index contributed by atoms with van der Waals surface area (Å²) < 4.78 is 16.2. The zero-order valence-corrected chi connectivity index (χ0v) is 16.6. The van der Waals surface area contributed by atoms with Crippen LogP contribution in [0.15, 0.2) is 63.0 Å². The first-order valence-electron chi connectivity index (χ1n) is 9.11. The van der Waals surface area contributed by atoms with Crippen LogP contribution in [0.3, 0.4) is 0 Å². The zero-order chi connectivity index (χ0) is 19.9. The largest absolute Gasteiger partial charge is 0.497 e. The average molecular weight is 409 g/mol. The molecule has 0 spiro atoms. The van der Waals surface area contributed by atoms with Crippen molar-refractivity contribution in [1.82, 2.24) is 25.3 Å². The second kappa shape index (κ2) is 9.33. The van der Waals surface area contributed by atoms with Gasteiger partial charge in [0.25, 0.3) is 5.22 Å². The minimum Gasteiger partial charge on any atom is -0.497 e. The summed E-state index contributed by atoms with van der Waals surface area (Å²) in [5.41, 5.74) is 1.98. The van der Waals surface area contributed by atoms with E-state index < -0.39 is 0 Å². The number of rotatable bonds is 9. The van der Waals surface area contributed by atoms with Crippen molar-refractivity contribution in [2.45, 2.75) is 24.5 Å². The van der Waals surface area contributed by atoms with E-state index in [-0.39, 0.29) is 0 Å². The van der Waals surface area contributed by atoms with Gasteiger partial charge in [-0.15, -0.1) is 10.2 Å². The van der Waals surface area contributed by atoms with Gasteiger partial charge in [0.2, 0.25) is 17.6 Å². The maximum atomic E-state index is 5.71. The van der Waals surface area contributed by atoms with Gasteiger partial charge < -0.3 is 13.7 Å². The van der Waals surface area contributed by atoms with Crippen LogP contribution >= 0.6 is 11.8 Å².